The average Bonchev–Trinajstić information content (AvgIpc) is 2.50. The predicted octanol–water partition coefficient (Wildman–Crippen LogP) is 3.61. The highest BCUT2D eigenvalue weighted by atomic mass is 79.9. The van der Waals surface area contributed by atoms with Crippen molar-refractivity contribution in [1.82, 2.24) is 9.88 Å². The molecule has 1 N–H and O–H groups in total. The molecule has 2 rings (SSSR count). The molecule has 0 radical (unpaired) electrons. The molecule has 23 heavy (non-hydrogen) atoms. The van der Waals surface area contributed by atoms with Crippen molar-refractivity contribution in [1.29, 1.82) is 0 Å². The van der Waals surface area contributed by atoms with Gasteiger partial charge in [0.1, 0.15) is 5.82 Å². The summed E-state index contributed by atoms with van der Waals surface area (Å²) in [5.74, 6) is -1.18. The number of amides is 1. The van der Waals surface area contributed by atoms with Crippen molar-refractivity contribution in [2.45, 2.75) is 19.4 Å². The number of carbonyl (C=O) groups is 1. The van der Waals surface area contributed by atoms with Gasteiger partial charge in [-0.25, -0.2) is 4.39 Å². The second-order valence-electron chi connectivity index (χ2n) is 4.94. The van der Waals surface area contributed by atoms with E-state index in [0.717, 1.165) is 4.47 Å². The molecule has 7 heteroatoms. The molecule has 4 nitrogen and oxygen atoms in total. The molecule has 0 atom stereocenters. The van der Waals surface area contributed by atoms with E-state index in [1.807, 2.05) is 0 Å². The Morgan fingerprint density at radius 3 is 2.78 bits per heavy atom. The quantitative estimate of drug-likeness (QED) is 0.752. The minimum absolute atomic E-state index is 0.0737. The third-order valence-electron chi connectivity index (χ3n) is 3.25. The Hall–Kier alpha value is -1.66. The molecule has 122 valence electrons. The molecule has 0 aliphatic carbocycles. The normalized spacial score (nSPS) is 10.6. The summed E-state index contributed by atoms with van der Waals surface area (Å²) in [5, 5.41) is 2.72. The van der Waals surface area contributed by atoms with Gasteiger partial charge in [0, 0.05) is 29.8 Å². The van der Waals surface area contributed by atoms with Gasteiger partial charge in [0.05, 0.1) is 10.6 Å². The van der Waals surface area contributed by atoms with E-state index in [0.29, 0.717) is 25.9 Å². The van der Waals surface area contributed by atoms with Crippen LogP contribution < -0.4 is 10.9 Å². The molecule has 0 unspecified atom stereocenters. The van der Waals surface area contributed by atoms with Crippen molar-refractivity contribution in [2.24, 2.45) is 0 Å². The fraction of sp³-hybridized carbons (Fsp3) is 0.250. The van der Waals surface area contributed by atoms with Gasteiger partial charge in [0.2, 0.25) is 0 Å². The van der Waals surface area contributed by atoms with Crippen LogP contribution in [-0.2, 0) is 6.54 Å². The molecule has 1 amide bonds. The largest absolute Gasteiger partial charge is 0.352 e. The zero-order valence-corrected chi connectivity index (χ0v) is 14.5. The number of hydrogen-bond donors (Lipinski definition) is 1. The maximum atomic E-state index is 13.6. The monoisotopic (exact) mass is 400 g/mol. The molecule has 0 saturated heterocycles. The average molecular weight is 402 g/mol. The van der Waals surface area contributed by atoms with Gasteiger partial charge < -0.3 is 9.88 Å². The number of unbranched alkanes of at least 4 members (excludes halogenated alkanes) is 1. The summed E-state index contributed by atoms with van der Waals surface area (Å²) in [6, 6.07) is 7.30. The van der Waals surface area contributed by atoms with Crippen LogP contribution >= 0.6 is 27.5 Å². The summed E-state index contributed by atoms with van der Waals surface area (Å²) >= 11 is 9.15. The smallest absolute Gasteiger partial charge is 0.255 e. The van der Waals surface area contributed by atoms with Crippen molar-refractivity contribution >= 4 is 33.4 Å². The lowest BCUT2D eigenvalue weighted by Gasteiger charge is -2.08. The first-order valence-corrected chi connectivity index (χ1v) is 8.24. The van der Waals surface area contributed by atoms with Gasteiger partial charge in [-0.2, -0.15) is 0 Å². The van der Waals surface area contributed by atoms with Crippen LogP contribution in [0.1, 0.15) is 23.2 Å². The molecule has 0 bridgehead atoms. The maximum absolute atomic E-state index is 13.6. The van der Waals surface area contributed by atoms with Gasteiger partial charge >= 0.3 is 0 Å². The molecule has 1 aromatic carbocycles. The first kappa shape index (κ1) is 17.7. The van der Waals surface area contributed by atoms with E-state index < -0.39 is 11.7 Å². The number of nitrogens with zero attached hydrogens (tertiary/aromatic N) is 1. The second-order valence-corrected chi connectivity index (χ2v) is 6.26. The summed E-state index contributed by atoms with van der Waals surface area (Å²) in [6.45, 7) is 0.931. The van der Waals surface area contributed by atoms with Crippen LogP contribution in [0.5, 0.6) is 0 Å². The van der Waals surface area contributed by atoms with Gasteiger partial charge in [-0.3, -0.25) is 9.59 Å². The van der Waals surface area contributed by atoms with Crippen LogP contribution in [0, 0.1) is 5.82 Å². The molecule has 0 saturated carbocycles. The van der Waals surface area contributed by atoms with Crippen LogP contribution in [-0.4, -0.2) is 17.0 Å². The van der Waals surface area contributed by atoms with Crippen LogP contribution in [0.3, 0.4) is 0 Å². The highest BCUT2D eigenvalue weighted by Crippen LogP contribution is 2.18. The minimum Gasteiger partial charge on any atom is -0.352 e. The summed E-state index contributed by atoms with van der Waals surface area (Å²) in [4.78, 5) is 23.5. The van der Waals surface area contributed by atoms with Gasteiger partial charge in [-0.05, 0) is 47.0 Å². The van der Waals surface area contributed by atoms with Crippen LogP contribution in [0.25, 0.3) is 0 Å². The van der Waals surface area contributed by atoms with Crippen molar-refractivity contribution in [2.75, 3.05) is 6.54 Å². The van der Waals surface area contributed by atoms with Crippen molar-refractivity contribution in [3.8, 4) is 0 Å². The number of rotatable bonds is 6. The van der Waals surface area contributed by atoms with E-state index in [9.17, 15) is 14.0 Å². The predicted molar refractivity (Wildman–Crippen MR) is 91.4 cm³/mol. The van der Waals surface area contributed by atoms with Crippen molar-refractivity contribution in [3.05, 3.63) is 67.8 Å². The number of hydrogen-bond acceptors (Lipinski definition) is 2. The van der Waals surface area contributed by atoms with Gasteiger partial charge in [-0.15, -0.1) is 0 Å². The first-order valence-electron chi connectivity index (χ1n) is 7.07. The van der Waals surface area contributed by atoms with Crippen molar-refractivity contribution < 1.29 is 9.18 Å². The van der Waals surface area contributed by atoms with Crippen molar-refractivity contribution in [3.63, 3.8) is 0 Å². The Labute approximate surface area is 146 Å². The fourth-order valence-corrected chi connectivity index (χ4v) is 2.72. The van der Waals surface area contributed by atoms with E-state index in [2.05, 4.69) is 21.2 Å². The molecular weight excluding hydrogens is 387 g/mol. The number of nitrogens with one attached hydrogen (secondary N) is 1. The molecule has 1 aromatic heterocycles. The summed E-state index contributed by atoms with van der Waals surface area (Å²) in [7, 11) is 0. The minimum atomic E-state index is -0.643. The molecule has 2 aromatic rings. The molecule has 0 fully saturated rings. The Bertz CT molecular complexity index is 744. The zero-order valence-electron chi connectivity index (χ0n) is 12.2. The van der Waals surface area contributed by atoms with Gasteiger partial charge in [-0.1, -0.05) is 17.7 Å². The Morgan fingerprint density at radius 1 is 1.26 bits per heavy atom. The van der Waals surface area contributed by atoms with Crippen LogP contribution in [0.4, 0.5) is 4.39 Å². The van der Waals surface area contributed by atoms with Crippen LogP contribution in [0.2, 0.25) is 5.02 Å². The summed E-state index contributed by atoms with van der Waals surface area (Å²) in [5.41, 5.74) is -0.215. The van der Waals surface area contributed by atoms with Gasteiger partial charge in [0.25, 0.3) is 11.5 Å². The summed E-state index contributed by atoms with van der Waals surface area (Å²) < 4.78 is 16.0. The van der Waals surface area contributed by atoms with E-state index in [4.69, 9.17) is 11.6 Å². The molecular formula is C16H15BrClFN2O2. The molecule has 0 aliphatic rings. The number of pyridine rings is 1. The number of carbonyl (C=O) groups excluding carboxylic acids is 1. The highest BCUT2D eigenvalue weighted by molar-refractivity contribution is 9.10. The lowest BCUT2D eigenvalue weighted by molar-refractivity contribution is 0.0949. The van der Waals surface area contributed by atoms with E-state index in [-0.39, 0.29) is 16.1 Å². The number of benzene rings is 1. The number of aromatic nitrogens is 1. The highest BCUT2D eigenvalue weighted by Gasteiger charge is 2.14. The lowest BCUT2D eigenvalue weighted by Crippen LogP contribution is -2.26. The second kappa shape index (κ2) is 8.26. The Morgan fingerprint density at radius 2 is 2.04 bits per heavy atom. The Kier molecular flexibility index (Phi) is 6.36. The maximum Gasteiger partial charge on any atom is 0.255 e. The number of halogens is 3. The standard InChI is InChI=1S/C16H15BrClFN2O2/c17-11-6-7-14(22)21(10-11)9-2-1-8-20-16(23)15-12(18)4-3-5-13(15)19/h3-7,10H,1-2,8-9H2,(H,20,23). The van der Waals surface area contributed by atoms with E-state index in [1.165, 1.54) is 24.3 Å². The summed E-state index contributed by atoms with van der Waals surface area (Å²) in [6.07, 6.45) is 3.10. The number of aryl methyl sites for hydroxylation is 1. The third kappa shape index (κ3) is 4.91. The fourth-order valence-electron chi connectivity index (χ4n) is 2.09. The third-order valence-corrected chi connectivity index (χ3v) is 4.03. The van der Waals surface area contributed by atoms with E-state index in [1.54, 1.807) is 16.8 Å². The van der Waals surface area contributed by atoms with Gasteiger partial charge in [0.15, 0.2) is 0 Å². The SMILES string of the molecule is O=C(NCCCCn1cc(Br)ccc1=O)c1c(F)cccc1Cl. The lowest BCUT2D eigenvalue weighted by atomic mass is 10.2. The Balaban J connectivity index is 1.80. The molecule has 1 heterocycles. The zero-order chi connectivity index (χ0) is 16.8. The molecule has 0 aliphatic heterocycles. The first-order chi connectivity index (χ1) is 11.0. The van der Waals surface area contributed by atoms with Crippen LogP contribution in [0.15, 0.2) is 45.8 Å². The van der Waals surface area contributed by atoms with E-state index >= 15 is 0 Å². The molecule has 0 spiro atoms. The topological polar surface area (TPSA) is 51.1 Å².